The van der Waals surface area contributed by atoms with Gasteiger partial charge in [-0.25, -0.2) is 0 Å². The van der Waals surface area contributed by atoms with Gasteiger partial charge >= 0.3 is 0 Å². The van der Waals surface area contributed by atoms with Crippen molar-refractivity contribution in [2.45, 2.75) is 20.4 Å². The molecular formula is C9H16N2O2. The summed E-state index contributed by atoms with van der Waals surface area (Å²) in [4.78, 5) is 0. The zero-order valence-electron chi connectivity index (χ0n) is 8.08. The van der Waals surface area contributed by atoms with Crippen LogP contribution in [0.1, 0.15) is 19.6 Å². The van der Waals surface area contributed by atoms with E-state index in [0.29, 0.717) is 6.54 Å². The van der Waals surface area contributed by atoms with Crippen LogP contribution in [-0.4, -0.2) is 23.4 Å². The van der Waals surface area contributed by atoms with Crippen molar-refractivity contribution >= 4 is 0 Å². The molecule has 0 saturated carbocycles. The second-order valence-electron chi connectivity index (χ2n) is 3.90. The van der Waals surface area contributed by atoms with Gasteiger partial charge in [-0.1, -0.05) is 19.0 Å². The van der Waals surface area contributed by atoms with Gasteiger partial charge in [-0.05, 0) is 0 Å². The van der Waals surface area contributed by atoms with Crippen LogP contribution in [0.15, 0.2) is 16.8 Å². The summed E-state index contributed by atoms with van der Waals surface area (Å²) in [5, 5.41) is 15.8. The molecule has 2 N–H and O–H groups in total. The fraction of sp³-hybridized carbons (Fsp3) is 0.667. The lowest BCUT2D eigenvalue weighted by Crippen LogP contribution is -2.31. The second-order valence-corrected chi connectivity index (χ2v) is 3.90. The van der Waals surface area contributed by atoms with Gasteiger partial charge in [0.15, 0.2) is 0 Å². The van der Waals surface area contributed by atoms with Crippen LogP contribution in [0.4, 0.5) is 0 Å². The molecule has 0 aliphatic heterocycles. The van der Waals surface area contributed by atoms with Crippen molar-refractivity contribution in [3.8, 4) is 0 Å². The van der Waals surface area contributed by atoms with Crippen LogP contribution in [0.25, 0.3) is 0 Å². The highest BCUT2D eigenvalue weighted by Crippen LogP contribution is 2.11. The maximum Gasteiger partial charge on any atom is 0.150 e. The third-order valence-electron chi connectivity index (χ3n) is 1.82. The number of rotatable bonds is 5. The summed E-state index contributed by atoms with van der Waals surface area (Å²) in [5.41, 5.74) is -0.0833. The second kappa shape index (κ2) is 4.39. The standard InChI is InChI=1S/C9H16N2O2/c1-9(2,7-12)6-10-5-8-3-4-11-13-8/h3-4,10,12H,5-7H2,1-2H3. The fourth-order valence-corrected chi connectivity index (χ4v) is 0.913. The van der Waals surface area contributed by atoms with E-state index >= 15 is 0 Å². The highest BCUT2D eigenvalue weighted by molar-refractivity contribution is 4.92. The van der Waals surface area contributed by atoms with Crippen molar-refractivity contribution in [2.75, 3.05) is 13.2 Å². The predicted octanol–water partition coefficient (Wildman–Crippen LogP) is 0.783. The molecule has 1 aromatic rings. The lowest BCUT2D eigenvalue weighted by Gasteiger charge is -2.21. The molecule has 1 rings (SSSR count). The Morgan fingerprint density at radius 1 is 1.62 bits per heavy atom. The molecule has 0 unspecified atom stereocenters. The first kappa shape index (κ1) is 10.2. The molecule has 4 nitrogen and oxygen atoms in total. The van der Waals surface area contributed by atoms with E-state index in [4.69, 9.17) is 9.63 Å². The Kier molecular flexibility index (Phi) is 3.45. The van der Waals surface area contributed by atoms with E-state index in [9.17, 15) is 0 Å². The van der Waals surface area contributed by atoms with Gasteiger partial charge in [-0.15, -0.1) is 0 Å². The first-order valence-corrected chi connectivity index (χ1v) is 4.35. The molecule has 0 aliphatic carbocycles. The summed E-state index contributed by atoms with van der Waals surface area (Å²) in [6.07, 6.45) is 1.62. The SMILES string of the molecule is CC(C)(CO)CNCc1ccno1. The molecule has 0 bridgehead atoms. The molecule has 0 atom stereocenters. The van der Waals surface area contributed by atoms with Gasteiger partial charge in [-0.2, -0.15) is 0 Å². The topological polar surface area (TPSA) is 58.3 Å². The van der Waals surface area contributed by atoms with Crippen molar-refractivity contribution in [2.24, 2.45) is 5.41 Å². The summed E-state index contributed by atoms with van der Waals surface area (Å²) < 4.78 is 4.91. The van der Waals surface area contributed by atoms with Crippen molar-refractivity contribution in [3.05, 3.63) is 18.0 Å². The summed E-state index contributed by atoms with van der Waals surface area (Å²) in [6, 6.07) is 1.82. The van der Waals surface area contributed by atoms with E-state index in [1.165, 1.54) is 0 Å². The van der Waals surface area contributed by atoms with Crippen LogP contribution < -0.4 is 5.32 Å². The van der Waals surface area contributed by atoms with Gasteiger partial charge < -0.3 is 14.9 Å². The maximum atomic E-state index is 8.98. The van der Waals surface area contributed by atoms with Gasteiger partial charge in [0.2, 0.25) is 0 Å². The highest BCUT2D eigenvalue weighted by Gasteiger charge is 2.15. The lowest BCUT2D eigenvalue weighted by atomic mass is 9.95. The van der Waals surface area contributed by atoms with Crippen LogP contribution in [-0.2, 0) is 6.54 Å². The smallest absolute Gasteiger partial charge is 0.150 e. The largest absolute Gasteiger partial charge is 0.396 e. The number of hydrogen-bond acceptors (Lipinski definition) is 4. The molecule has 1 aromatic heterocycles. The fourth-order valence-electron chi connectivity index (χ4n) is 0.913. The molecule has 74 valence electrons. The lowest BCUT2D eigenvalue weighted by molar-refractivity contribution is 0.155. The average molecular weight is 184 g/mol. The molecule has 0 fully saturated rings. The maximum absolute atomic E-state index is 8.98. The zero-order valence-corrected chi connectivity index (χ0v) is 8.08. The molecule has 0 aliphatic rings. The molecule has 0 spiro atoms. The van der Waals surface area contributed by atoms with Gasteiger partial charge in [0, 0.05) is 24.6 Å². The van der Waals surface area contributed by atoms with E-state index in [1.54, 1.807) is 6.20 Å². The monoisotopic (exact) mass is 184 g/mol. The van der Waals surface area contributed by atoms with Crippen LogP contribution in [0.2, 0.25) is 0 Å². The molecule has 0 amide bonds. The number of nitrogens with zero attached hydrogens (tertiary/aromatic N) is 1. The third kappa shape index (κ3) is 3.57. The van der Waals surface area contributed by atoms with E-state index in [-0.39, 0.29) is 12.0 Å². The number of aliphatic hydroxyl groups excluding tert-OH is 1. The Hall–Kier alpha value is -0.870. The van der Waals surface area contributed by atoms with E-state index < -0.39 is 0 Å². The molecule has 1 heterocycles. The minimum Gasteiger partial charge on any atom is -0.396 e. The predicted molar refractivity (Wildman–Crippen MR) is 49.1 cm³/mol. The number of hydrogen-bond donors (Lipinski definition) is 2. The minimum atomic E-state index is -0.0833. The molecule has 0 radical (unpaired) electrons. The summed E-state index contributed by atoms with van der Waals surface area (Å²) in [5.74, 6) is 0.814. The molecular weight excluding hydrogens is 168 g/mol. The van der Waals surface area contributed by atoms with E-state index in [1.807, 2.05) is 19.9 Å². The van der Waals surface area contributed by atoms with Gasteiger partial charge in [-0.3, -0.25) is 0 Å². The summed E-state index contributed by atoms with van der Waals surface area (Å²) in [6.45, 7) is 5.59. The van der Waals surface area contributed by atoms with Crippen molar-refractivity contribution in [3.63, 3.8) is 0 Å². The quantitative estimate of drug-likeness (QED) is 0.710. The Bertz CT molecular complexity index is 232. The summed E-state index contributed by atoms with van der Waals surface area (Å²) in [7, 11) is 0. The zero-order chi connectivity index (χ0) is 9.73. The summed E-state index contributed by atoms with van der Waals surface area (Å²) >= 11 is 0. The van der Waals surface area contributed by atoms with Gasteiger partial charge in [0.25, 0.3) is 0 Å². The third-order valence-corrected chi connectivity index (χ3v) is 1.82. The number of aromatic nitrogens is 1. The van der Waals surface area contributed by atoms with Crippen LogP contribution in [0, 0.1) is 5.41 Å². The Balaban J connectivity index is 2.21. The van der Waals surface area contributed by atoms with Crippen LogP contribution in [0.3, 0.4) is 0 Å². The van der Waals surface area contributed by atoms with Crippen LogP contribution in [0.5, 0.6) is 0 Å². The molecule has 4 heteroatoms. The Labute approximate surface area is 77.9 Å². The first-order valence-electron chi connectivity index (χ1n) is 4.35. The molecule has 0 aromatic carbocycles. The van der Waals surface area contributed by atoms with Crippen molar-refractivity contribution in [1.82, 2.24) is 10.5 Å². The van der Waals surface area contributed by atoms with E-state index in [2.05, 4.69) is 10.5 Å². The van der Waals surface area contributed by atoms with E-state index in [0.717, 1.165) is 12.3 Å². The molecule has 13 heavy (non-hydrogen) atoms. The highest BCUT2D eigenvalue weighted by atomic mass is 16.5. The molecule has 0 saturated heterocycles. The van der Waals surface area contributed by atoms with Crippen molar-refractivity contribution in [1.29, 1.82) is 0 Å². The van der Waals surface area contributed by atoms with Crippen molar-refractivity contribution < 1.29 is 9.63 Å². The number of nitrogens with one attached hydrogen (secondary N) is 1. The average Bonchev–Trinajstić information content (AvgIpc) is 2.57. The van der Waals surface area contributed by atoms with Gasteiger partial charge in [0.05, 0.1) is 12.7 Å². The Morgan fingerprint density at radius 2 is 2.38 bits per heavy atom. The van der Waals surface area contributed by atoms with Gasteiger partial charge in [0.1, 0.15) is 5.76 Å². The number of aliphatic hydroxyl groups is 1. The first-order chi connectivity index (χ1) is 6.14. The normalized spacial score (nSPS) is 11.9. The van der Waals surface area contributed by atoms with Crippen LogP contribution >= 0.6 is 0 Å². The minimum absolute atomic E-state index is 0.0833. The Morgan fingerprint density at radius 3 is 2.92 bits per heavy atom.